The molecule has 1 aliphatic heterocycles. The van der Waals surface area contributed by atoms with Gasteiger partial charge >= 0.3 is 0 Å². The van der Waals surface area contributed by atoms with Gasteiger partial charge in [-0.3, -0.25) is 9.59 Å². The van der Waals surface area contributed by atoms with E-state index in [0.29, 0.717) is 6.54 Å². The van der Waals surface area contributed by atoms with Gasteiger partial charge in [0.15, 0.2) is 0 Å². The summed E-state index contributed by atoms with van der Waals surface area (Å²) in [7, 11) is 0. The highest BCUT2D eigenvalue weighted by atomic mass is 19.1. The summed E-state index contributed by atoms with van der Waals surface area (Å²) >= 11 is 0. The summed E-state index contributed by atoms with van der Waals surface area (Å²) in [5.74, 6) is -1.31. The van der Waals surface area contributed by atoms with Crippen LogP contribution in [-0.4, -0.2) is 18.4 Å². The SMILES string of the molecule is CCc1ccc(CNC(=O)[C@H]2CC(=O)N(c3ccccc3F)C2)cc1. The fourth-order valence-electron chi connectivity index (χ4n) is 3.01. The molecule has 1 saturated heterocycles. The lowest BCUT2D eigenvalue weighted by molar-refractivity contribution is -0.126. The second kappa shape index (κ2) is 7.47. The lowest BCUT2D eigenvalue weighted by atomic mass is 10.1. The zero-order valence-corrected chi connectivity index (χ0v) is 14.2. The maximum absolute atomic E-state index is 13.9. The Bertz CT molecular complexity index is 774. The number of halogens is 1. The largest absolute Gasteiger partial charge is 0.352 e. The number of hydrogen-bond donors (Lipinski definition) is 1. The molecule has 0 unspecified atom stereocenters. The molecular weight excluding hydrogens is 319 g/mol. The second-order valence-corrected chi connectivity index (χ2v) is 6.24. The lowest BCUT2D eigenvalue weighted by Crippen LogP contribution is -2.32. The van der Waals surface area contributed by atoms with E-state index in [0.717, 1.165) is 12.0 Å². The molecular formula is C20H21FN2O2. The highest BCUT2D eigenvalue weighted by Gasteiger charge is 2.35. The molecule has 0 aliphatic carbocycles. The van der Waals surface area contributed by atoms with Crippen LogP contribution in [0.4, 0.5) is 10.1 Å². The van der Waals surface area contributed by atoms with Gasteiger partial charge in [0.2, 0.25) is 11.8 Å². The number of nitrogens with one attached hydrogen (secondary N) is 1. The third-order valence-corrected chi connectivity index (χ3v) is 4.54. The van der Waals surface area contributed by atoms with Gasteiger partial charge in [0.05, 0.1) is 11.6 Å². The molecule has 1 fully saturated rings. The first-order chi connectivity index (χ1) is 12.1. The van der Waals surface area contributed by atoms with E-state index in [1.807, 2.05) is 24.3 Å². The van der Waals surface area contributed by atoms with Crippen molar-refractivity contribution in [1.82, 2.24) is 5.32 Å². The standard InChI is InChI=1S/C20H21FN2O2/c1-2-14-7-9-15(10-8-14)12-22-20(25)16-11-19(24)23(13-16)18-6-4-3-5-17(18)21/h3-10,16H,2,11-13H2,1H3,(H,22,25)/t16-/m0/s1. The van der Waals surface area contributed by atoms with E-state index in [4.69, 9.17) is 0 Å². The van der Waals surface area contributed by atoms with E-state index in [1.54, 1.807) is 18.2 Å². The average molecular weight is 340 g/mol. The molecule has 2 aromatic rings. The van der Waals surface area contributed by atoms with Crippen LogP contribution in [0, 0.1) is 11.7 Å². The van der Waals surface area contributed by atoms with E-state index < -0.39 is 11.7 Å². The number of carbonyl (C=O) groups excluding carboxylic acids is 2. The highest BCUT2D eigenvalue weighted by molar-refractivity contribution is 6.00. The Morgan fingerprint density at radius 3 is 2.52 bits per heavy atom. The van der Waals surface area contributed by atoms with Crippen LogP contribution < -0.4 is 10.2 Å². The van der Waals surface area contributed by atoms with Gasteiger partial charge in [-0.2, -0.15) is 0 Å². The summed E-state index contributed by atoms with van der Waals surface area (Å²) in [6, 6.07) is 14.2. The number of benzene rings is 2. The lowest BCUT2D eigenvalue weighted by Gasteiger charge is -2.17. The van der Waals surface area contributed by atoms with Crippen LogP contribution in [0.5, 0.6) is 0 Å². The van der Waals surface area contributed by atoms with Crippen molar-refractivity contribution in [3.63, 3.8) is 0 Å². The fraction of sp³-hybridized carbons (Fsp3) is 0.300. The van der Waals surface area contributed by atoms with Crippen molar-refractivity contribution in [3.8, 4) is 0 Å². The minimum absolute atomic E-state index is 0.106. The van der Waals surface area contributed by atoms with Crippen LogP contribution in [0.3, 0.4) is 0 Å². The van der Waals surface area contributed by atoms with Crippen molar-refractivity contribution in [2.75, 3.05) is 11.4 Å². The van der Waals surface area contributed by atoms with E-state index in [-0.39, 0.29) is 30.5 Å². The van der Waals surface area contributed by atoms with Crippen molar-refractivity contribution in [1.29, 1.82) is 0 Å². The Hall–Kier alpha value is -2.69. The molecule has 5 heteroatoms. The van der Waals surface area contributed by atoms with Crippen molar-refractivity contribution >= 4 is 17.5 Å². The molecule has 0 saturated carbocycles. The topological polar surface area (TPSA) is 49.4 Å². The summed E-state index contributed by atoms with van der Waals surface area (Å²) in [5, 5.41) is 2.87. The first-order valence-corrected chi connectivity index (χ1v) is 8.49. The Labute approximate surface area is 146 Å². The predicted octanol–water partition coefficient (Wildman–Crippen LogP) is 3.06. The van der Waals surface area contributed by atoms with Crippen LogP contribution in [0.1, 0.15) is 24.5 Å². The van der Waals surface area contributed by atoms with E-state index in [2.05, 4.69) is 12.2 Å². The molecule has 2 aromatic carbocycles. The van der Waals surface area contributed by atoms with Crippen molar-refractivity contribution in [3.05, 3.63) is 65.5 Å². The molecule has 1 atom stereocenters. The van der Waals surface area contributed by atoms with Crippen LogP contribution in [0.2, 0.25) is 0 Å². The molecule has 0 spiro atoms. The number of nitrogens with zero attached hydrogens (tertiary/aromatic N) is 1. The van der Waals surface area contributed by atoms with Crippen LogP contribution in [-0.2, 0) is 22.6 Å². The van der Waals surface area contributed by atoms with Gasteiger partial charge in [-0.25, -0.2) is 4.39 Å². The van der Waals surface area contributed by atoms with Gasteiger partial charge in [-0.15, -0.1) is 0 Å². The molecule has 0 bridgehead atoms. The molecule has 0 radical (unpaired) electrons. The second-order valence-electron chi connectivity index (χ2n) is 6.24. The van der Waals surface area contributed by atoms with E-state index in [9.17, 15) is 14.0 Å². The predicted molar refractivity (Wildman–Crippen MR) is 94.5 cm³/mol. The fourth-order valence-corrected chi connectivity index (χ4v) is 3.01. The zero-order chi connectivity index (χ0) is 17.8. The average Bonchev–Trinajstić information content (AvgIpc) is 3.02. The Balaban J connectivity index is 1.60. The van der Waals surface area contributed by atoms with Gasteiger partial charge in [-0.05, 0) is 29.7 Å². The van der Waals surface area contributed by atoms with Gasteiger partial charge in [0.1, 0.15) is 5.82 Å². The number of hydrogen-bond acceptors (Lipinski definition) is 2. The molecule has 1 N–H and O–H groups in total. The Morgan fingerprint density at radius 1 is 1.16 bits per heavy atom. The van der Waals surface area contributed by atoms with Crippen LogP contribution >= 0.6 is 0 Å². The van der Waals surface area contributed by atoms with E-state index in [1.165, 1.54) is 16.5 Å². The summed E-state index contributed by atoms with van der Waals surface area (Å²) < 4.78 is 13.9. The zero-order valence-electron chi connectivity index (χ0n) is 14.2. The minimum Gasteiger partial charge on any atom is -0.352 e. The number of carbonyl (C=O) groups is 2. The first-order valence-electron chi connectivity index (χ1n) is 8.49. The smallest absolute Gasteiger partial charge is 0.227 e. The monoisotopic (exact) mass is 340 g/mol. The molecule has 1 heterocycles. The summed E-state index contributed by atoms with van der Waals surface area (Å²) in [6.45, 7) is 2.72. The maximum Gasteiger partial charge on any atom is 0.227 e. The quantitative estimate of drug-likeness (QED) is 0.909. The summed E-state index contributed by atoms with van der Waals surface area (Å²) in [4.78, 5) is 25.9. The van der Waals surface area contributed by atoms with Gasteiger partial charge in [0, 0.05) is 19.5 Å². The third-order valence-electron chi connectivity index (χ3n) is 4.54. The number of anilines is 1. The molecule has 3 rings (SSSR count). The third kappa shape index (κ3) is 3.87. The van der Waals surface area contributed by atoms with Crippen molar-refractivity contribution < 1.29 is 14.0 Å². The van der Waals surface area contributed by atoms with Gasteiger partial charge in [-0.1, -0.05) is 43.3 Å². The number of rotatable bonds is 5. The normalized spacial score (nSPS) is 17.0. The molecule has 2 amide bonds. The molecule has 4 nitrogen and oxygen atoms in total. The van der Waals surface area contributed by atoms with Crippen LogP contribution in [0.15, 0.2) is 48.5 Å². The molecule has 0 aromatic heterocycles. The Kier molecular flexibility index (Phi) is 5.12. The van der Waals surface area contributed by atoms with Crippen molar-refractivity contribution in [2.24, 2.45) is 5.92 Å². The molecule has 1 aliphatic rings. The minimum atomic E-state index is -0.456. The first kappa shape index (κ1) is 17.1. The molecule has 130 valence electrons. The number of aryl methyl sites for hydroxylation is 1. The van der Waals surface area contributed by atoms with Crippen molar-refractivity contribution in [2.45, 2.75) is 26.3 Å². The van der Waals surface area contributed by atoms with Gasteiger partial charge in [0.25, 0.3) is 0 Å². The van der Waals surface area contributed by atoms with Crippen LogP contribution in [0.25, 0.3) is 0 Å². The maximum atomic E-state index is 13.9. The number of amides is 2. The summed E-state index contributed by atoms with van der Waals surface area (Å²) in [5.41, 5.74) is 2.50. The number of para-hydroxylation sites is 1. The Morgan fingerprint density at radius 2 is 1.84 bits per heavy atom. The highest BCUT2D eigenvalue weighted by Crippen LogP contribution is 2.27. The molecule has 25 heavy (non-hydrogen) atoms. The van der Waals surface area contributed by atoms with E-state index >= 15 is 0 Å². The van der Waals surface area contributed by atoms with Gasteiger partial charge < -0.3 is 10.2 Å². The summed E-state index contributed by atoms with van der Waals surface area (Å²) in [6.07, 6.45) is 1.08.